The lowest BCUT2D eigenvalue weighted by Gasteiger charge is -2.23. The van der Waals surface area contributed by atoms with Gasteiger partial charge in [0, 0.05) is 11.3 Å². The summed E-state index contributed by atoms with van der Waals surface area (Å²) in [5, 5.41) is 8.57. The lowest BCUT2D eigenvalue weighted by molar-refractivity contribution is -0.107. The third kappa shape index (κ3) is 1.94. The highest BCUT2D eigenvalue weighted by Gasteiger charge is 2.46. The van der Waals surface area contributed by atoms with Gasteiger partial charge in [-0.05, 0) is 52.0 Å². The highest BCUT2D eigenvalue weighted by Crippen LogP contribution is 2.44. The first-order chi connectivity index (χ1) is 9.29. The van der Waals surface area contributed by atoms with Crippen molar-refractivity contribution in [2.24, 2.45) is 0 Å². The molecular weight excluding hydrogens is 252 g/mol. The molecule has 2 heterocycles. The van der Waals surface area contributed by atoms with Gasteiger partial charge in [0.15, 0.2) is 5.82 Å². The molecule has 5 nitrogen and oxygen atoms in total. The highest BCUT2D eigenvalue weighted by molar-refractivity contribution is 5.58. The normalized spacial score (nSPS) is 18.8. The SMILES string of the molecule is CC1(C)OC(C)(C)c2nc(-c3ccc(N)cc3)nnc21. The average molecular weight is 270 g/mol. The molecule has 0 saturated heterocycles. The van der Waals surface area contributed by atoms with Crippen molar-refractivity contribution < 1.29 is 4.74 Å². The number of hydrogen-bond donors (Lipinski definition) is 1. The molecule has 0 fully saturated rings. The molecular formula is C15H18N4O. The molecule has 2 aromatic rings. The lowest BCUT2D eigenvalue weighted by Crippen LogP contribution is -2.23. The molecule has 20 heavy (non-hydrogen) atoms. The van der Waals surface area contributed by atoms with E-state index in [2.05, 4.69) is 15.2 Å². The second-order valence-corrected chi connectivity index (χ2v) is 6.08. The van der Waals surface area contributed by atoms with E-state index in [4.69, 9.17) is 10.5 Å². The Morgan fingerprint density at radius 1 is 0.900 bits per heavy atom. The standard InChI is InChI=1S/C15H18N4O/c1-14(2)11-12(15(3,4)20-14)18-19-13(17-11)9-5-7-10(16)8-6-9/h5-8H,16H2,1-4H3. The largest absolute Gasteiger partial charge is 0.399 e. The number of benzene rings is 1. The minimum absolute atomic E-state index is 0.460. The number of hydrogen-bond acceptors (Lipinski definition) is 5. The van der Waals surface area contributed by atoms with Crippen molar-refractivity contribution in [3.63, 3.8) is 0 Å². The van der Waals surface area contributed by atoms with Gasteiger partial charge in [-0.25, -0.2) is 4.98 Å². The minimum atomic E-state index is -0.461. The topological polar surface area (TPSA) is 73.9 Å². The summed E-state index contributed by atoms with van der Waals surface area (Å²) in [6, 6.07) is 7.45. The molecule has 0 amide bonds. The van der Waals surface area contributed by atoms with Gasteiger partial charge < -0.3 is 10.5 Å². The van der Waals surface area contributed by atoms with E-state index in [9.17, 15) is 0 Å². The molecule has 1 aromatic heterocycles. The molecule has 0 aliphatic carbocycles. The van der Waals surface area contributed by atoms with E-state index in [-0.39, 0.29) is 0 Å². The number of nitrogen functional groups attached to an aromatic ring is 1. The molecule has 0 atom stereocenters. The summed E-state index contributed by atoms with van der Waals surface area (Å²) in [4.78, 5) is 4.66. The predicted octanol–water partition coefficient (Wildman–Crippen LogP) is 2.62. The third-order valence-electron chi connectivity index (χ3n) is 3.51. The average Bonchev–Trinajstić information content (AvgIpc) is 2.56. The first-order valence-electron chi connectivity index (χ1n) is 6.61. The van der Waals surface area contributed by atoms with Gasteiger partial charge in [-0.15, -0.1) is 10.2 Å². The Morgan fingerprint density at radius 3 is 2.15 bits per heavy atom. The van der Waals surface area contributed by atoms with Crippen LogP contribution in [0.3, 0.4) is 0 Å². The Balaban J connectivity index is 2.12. The Kier molecular flexibility index (Phi) is 2.59. The van der Waals surface area contributed by atoms with Crippen molar-refractivity contribution >= 4 is 5.69 Å². The van der Waals surface area contributed by atoms with E-state index >= 15 is 0 Å². The van der Waals surface area contributed by atoms with Crippen LogP contribution >= 0.6 is 0 Å². The van der Waals surface area contributed by atoms with Gasteiger partial charge in [-0.2, -0.15) is 0 Å². The summed E-state index contributed by atoms with van der Waals surface area (Å²) >= 11 is 0. The summed E-state index contributed by atoms with van der Waals surface area (Å²) in [5.74, 6) is 0.595. The van der Waals surface area contributed by atoms with Gasteiger partial charge in [0.05, 0.1) is 0 Å². The molecule has 0 radical (unpaired) electrons. The highest BCUT2D eigenvalue weighted by atomic mass is 16.5. The van der Waals surface area contributed by atoms with Crippen molar-refractivity contribution in [3.8, 4) is 11.4 Å². The summed E-state index contributed by atoms with van der Waals surface area (Å²) in [7, 11) is 0. The second-order valence-electron chi connectivity index (χ2n) is 6.08. The van der Waals surface area contributed by atoms with Crippen LogP contribution in [0.15, 0.2) is 24.3 Å². The zero-order valence-electron chi connectivity index (χ0n) is 12.1. The quantitative estimate of drug-likeness (QED) is 0.806. The van der Waals surface area contributed by atoms with E-state index in [1.54, 1.807) is 0 Å². The molecule has 0 unspecified atom stereocenters. The number of anilines is 1. The van der Waals surface area contributed by atoms with Crippen molar-refractivity contribution in [1.82, 2.24) is 15.2 Å². The van der Waals surface area contributed by atoms with Gasteiger partial charge >= 0.3 is 0 Å². The van der Waals surface area contributed by atoms with Crippen LogP contribution in [0.5, 0.6) is 0 Å². The smallest absolute Gasteiger partial charge is 0.182 e. The van der Waals surface area contributed by atoms with Crippen molar-refractivity contribution in [2.45, 2.75) is 38.9 Å². The maximum absolute atomic E-state index is 6.03. The molecule has 5 heteroatoms. The van der Waals surface area contributed by atoms with Crippen LogP contribution in [0.1, 0.15) is 39.1 Å². The fourth-order valence-electron chi connectivity index (χ4n) is 2.64. The van der Waals surface area contributed by atoms with Gasteiger partial charge in [-0.3, -0.25) is 0 Å². The first kappa shape index (κ1) is 13.0. The molecule has 0 spiro atoms. The molecule has 2 N–H and O–H groups in total. The molecule has 104 valence electrons. The molecule has 1 aromatic carbocycles. The summed E-state index contributed by atoms with van der Waals surface area (Å²) < 4.78 is 6.03. The fraction of sp³-hybridized carbons (Fsp3) is 0.400. The van der Waals surface area contributed by atoms with Crippen LogP contribution in [0, 0.1) is 0 Å². The van der Waals surface area contributed by atoms with Crippen molar-refractivity contribution in [1.29, 1.82) is 0 Å². The van der Waals surface area contributed by atoms with E-state index < -0.39 is 11.2 Å². The monoisotopic (exact) mass is 270 g/mol. The maximum Gasteiger partial charge on any atom is 0.182 e. The second kappa shape index (κ2) is 3.99. The fourth-order valence-corrected chi connectivity index (χ4v) is 2.64. The maximum atomic E-state index is 6.03. The summed E-state index contributed by atoms with van der Waals surface area (Å²) in [6.45, 7) is 7.98. The van der Waals surface area contributed by atoms with Crippen molar-refractivity contribution in [2.75, 3.05) is 5.73 Å². The number of fused-ring (bicyclic) bond motifs is 1. The summed E-state index contributed by atoms with van der Waals surface area (Å²) in [6.07, 6.45) is 0. The number of nitrogens with zero attached hydrogens (tertiary/aromatic N) is 3. The van der Waals surface area contributed by atoms with Gasteiger partial charge in [0.2, 0.25) is 0 Å². The van der Waals surface area contributed by atoms with Gasteiger partial charge in [0.25, 0.3) is 0 Å². The Bertz CT molecular complexity index is 662. The van der Waals surface area contributed by atoms with Crippen LogP contribution in [0.2, 0.25) is 0 Å². The van der Waals surface area contributed by atoms with Crippen LogP contribution in [0.4, 0.5) is 5.69 Å². The molecule has 1 aliphatic heterocycles. The van der Waals surface area contributed by atoms with Gasteiger partial charge in [0.1, 0.15) is 22.6 Å². The zero-order valence-corrected chi connectivity index (χ0v) is 12.1. The number of aromatic nitrogens is 3. The third-order valence-corrected chi connectivity index (χ3v) is 3.51. The minimum Gasteiger partial charge on any atom is -0.399 e. The molecule has 3 rings (SSSR count). The number of nitrogens with two attached hydrogens (primary N) is 1. The molecule has 0 saturated carbocycles. The van der Waals surface area contributed by atoms with Crippen LogP contribution in [-0.4, -0.2) is 15.2 Å². The summed E-state index contributed by atoms with van der Waals surface area (Å²) in [5.41, 5.74) is 8.05. The van der Waals surface area contributed by atoms with Crippen LogP contribution in [-0.2, 0) is 15.9 Å². The van der Waals surface area contributed by atoms with E-state index in [1.165, 1.54) is 0 Å². The van der Waals surface area contributed by atoms with E-state index in [0.29, 0.717) is 11.5 Å². The Hall–Kier alpha value is -2.01. The number of ether oxygens (including phenoxy) is 1. The lowest BCUT2D eigenvalue weighted by atomic mass is 10.0. The van der Waals surface area contributed by atoms with Crippen LogP contribution < -0.4 is 5.73 Å². The number of rotatable bonds is 1. The molecule has 1 aliphatic rings. The molecule has 0 bridgehead atoms. The Morgan fingerprint density at radius 2 is 1.50 bits per heavy atom. The van der Waals surface area contributed by atoms with Crippen LogP contribution in [0.25, 0.3) is 11.4 Å². The van der Waals surface area contributed by atoms with Crippen molar-refractivity contribution in [3.05, 3.63) is 35.7 Å². The van der Waals surface area contributed by atoms with E-state index in [1.807, 2.05) is 52.0 Å². The Labute approximate surface area is 118 Å². The predicted molar refractivity (Wildman–Crippen MR) is 76.8 cm³/mol. The first-order valence-corrected chi connectivity index (χ1v) is 6.61. The zero-order chi connectivity index (χ0) is 14.5. The van der Waals surface area contributed by atoms with E-state index in [0.717, 1.165) is 17.0 Å². The van der Waals surface area contributed by atoms with Gasteiger partial charge in [-0.1, -0.05) is 0 Å².